The van der Waals surface area contributed by atoms with Crippen molar-refractivity contribution in [2.75, 3.05) is 13.1 Å². The maximum absolute atomic E-state index is 13.3. The summed E-state index contributed by atoms with van der Waals surface area (Å²) in [5.74, 6) is 2.37. The first kappa shape index (κ1) is 19.1. The van der Waals surface area contributed by atoms with Crippen LogP contribution in [0.4, 0.5) is 0 Å². The Bertz CT molecular complexity index is 721. The van der Waals surface area contributed by atoms with E-state index in [9.17, 15) is 9.59 Å². The highest BCUT2D eigenvalue weighted by Gasteiger charge is 2.54. The molecule has 0 spiro atoms. The second-order valence-electron chi connectivity index (χ2n) is 10.0. The predicted molar refractivity (Wildman–Crippen MR) is 111 cm³/mol. The molecule has 1 aromatic rings. The summed E-state index contributed by atoms with van der Waals surface area (Å²) in [5, 5.41) is 0. The van der Waals surface area contributed by atoms with E-state index in [1.54, 1.807) is 0 Å². The molecule has 1 unspecified atom stereocenters. The highest BCUT2D eigenvalue weighted by molar-refractivity contribution is 5.86. The largest absolute Gasteiger partial charge is 0.341 e. The molecule has 5 fully saturated rings. The van der Waals surface area contributed by atoms with Crippen molar-refractivity contribution in [3.05, 3.63) is 35.9 Å². The van der Waals surface area contributed by atoms with E-state index in [-0.39, 0.29) is 17.2 Å². The standard InChI is InChI=1S/C24H33N3O2/c28-22(27-9-5-2-6-10-27)21(20-7-3-1-4-8-20)25-26-23(29)24-14-17-11-18(15-24)13-19(12-17)16-24/h1,3-4,7-8,17-19,21,25H,2,5-6,9-16H2,(H,26,29). The van der Waals surface area contributed by atoms with Crippen molar-refractivity contribution in [3.63, 3.8) is 0 Å². The zero-order valence-electron chi connectivity index (χ0n) is 17.2. The molecule has 2 amide bonds. The number of hydrazine groups is 1. The van der Waals surface area contributed by atoms with Crippen LogP contribution in [-0.2, 0) is 9.59 Å². The minimum Gasteiger partial charge on any atom is -0.341 e. The van der Waals surface area contributed by atoms with Crippen LogP contribution in [0.5, 0.6) is 0 Å². The summed E-state index contributed by atoms with van der Waals surface area (Å²) >= 11 is 0. The van der Waals surface area contributed by atoms with E-state index >= 15 is 0 Å². The Morgan fingerprint density at radius 2 is 1.48 bits per heavy atom. The Morgan fingerprint density at radius 3 is 2.07 bits per heavy atom. The van der Waals surface area contributed by atoms with Crippen molar-refractivity contribution in [3.8, 4) is 0 Å². The second kappa shape index (κ2) is 7.75. The number of piperidine rings is 1. The third kappa shape index (κ3) is 3.70. The Labute approximate surface area is 173 Å². The summed E-state index contributed by atoms with van der Waals surface area (Å²) in [6.45, 7) is 1.62. The van der Waals surface area contributed by atoms with Crippen LogP contribution in [0.1, 0.15) is 69.4 Å². The van der Waals surface area contributed by atoms with Crippen LogP contribution in [0.15, 0.2) is 30.3 Å². The van der Waals surface area contributed by atoms with E-state index in [1.807, 2.05) is 35.2 Å². The van der Waals surface area contributed by atoms with E-state index in [1.165, 1.54) is 25.7 Å². The molecule has 156 valence electrons. The third-order valence-electron chi connectivity index (χ3n) is 7.90. The van der Waals surface area contributed by atoms with Crippen LogP contribution >= 0.6 is 0 Å². The van der Waals surface area contributed by atoms with Gasteiger partial charge in [0.1, 0.15) is 6.04 Å². The molecular formula is C24H33N3O2. The first-order valence-corrected chi connectivity index (χ1v) is 11.5. The molecule has 4 saturated carbocycles. The van der Waals surface area contributed by atoms with Gasteiger partial charge in [0, 0.05) is 13.1 Å². The molecule has 0 radical (unpaired) electrons. The first-order valence-electron chi connectivity index (χ1n) is 11.5. The fourth-order valence-corrected chi connectivity index (χ4v) is 6.89. The molecule has 5 aliphatic rings. The number of rotatable bonds is 5. The van der Waals surface area contributed by atoms with Gasteiger partial charge in [-0.3, -0.25) is 15.0 Å². The lowest BCUT2D eigenvalue weighted by Crippen LogP contribution is -2.57. The van der Waals surface area contributed by atoms with E-state index in [0.29, 0.717) is 0 Å². The van der Waals surface area contributed by atoms with E-state index < -0.39 is 6.04 Å². The monoisotopic (exact) mass is 395 g/mol. The molecule has 4 aliphatic carbocycles. The van der Waals surface area contributed by atoms with Gasteiger partial charge in [0.05, 0.1) is 5.41 Å². The van der Waals surface area contributed by atoms with Gasteiger partial charge in [-0.1, -0.05) is 30.3 Å². The second-order valence-corrected chi connectivity index (χ2v) is 10.0. The lowest BCUT2D eigenvalue weighted by molar-refractivity contribution is -0.148. The number of likely N-dealkylation sites (tertiary alicyclic amines) is 1. The zero-order valence-corrected chi connectivity index (χ0v) is 17.2. The Kier molecular flexibility index (Phi) is 5.10. The molecule has 4 bridgehead atoms. The normalized spacial score (nSPS) is 34.1. The van der Waals surface area contributed by atoms with Crippen LogP contribution in [0.3, 0.4) is 0 Å². The maximum Gasteiger partial charge on any atom is 0.246 e. The summed E-state index contributed by atoms with van der Waals surface area (Å²) in [7, 11) is 0. The fourth-order valence-electron chi connectivity index (χ4n) is 6.89. The summed E-state index contributed by atoms with van der Waals surface area (Å²) in [5.41, 5.74) is 6.89. The molecule has 5 heteroatoms. The molecule has 1 aromatic carbocycles. The molecule has 6 rings (SSSR count). The van der Waals surface area contributed by atoms with Crippen LogP contribution in [-0.4, -0.2) is 29.8 Å². The van der Waals surface area contributed by atoms with Gasteiger partial charge in [0.15, 0.2) is 0 Å². The quantitative estimate of drug-likeness (QED) is 0.749. The fraction of sp³-hybridized carbons (Fsp3) is 0.667. The number of hydrogen-bond donors (Lipinski definition) is 2. The molecule has 1 heterocycles. The third-order valence-corrected chi connectivity index (χ3v) is 7.90. The number of amides is 2. The predicted octanol–water partition coefficient (Wildman–Crippen LogP) is 3.58. The van der Waals surface area contributed by atoms with Crippen molar-refractivity contribution in [2.24, 2.45) is 23.2 Å². The number of carbonyl (C=O) groups is 2. The van der Waals surface area contributed by atoms with Gasteiger partial charge < -0.3 is 4.90 Å². The van der Waals surface area contributed by atoms with Crippen molar-refractivity contribution in [2.45, 2.75) is 63.8 Å². The molecular weight excluding hydrogens is 362 g/mol. The van der Waals surface area contributed by atoms with Gasteiger partial charge in [-0.05, 0) is 81.1 Å². The van der Waals surface area contributed by atoms with Gasteiger partial charge in [-0.2, -0.15) is 0 Å². The van der Waals surface area contributed by atoms with Crippen molar-refractivity contribution < 1.29 is 9.59 Å². The summed E-state index contributed by atoms with van der Waals surface area (Å²) in [4.78, 5) is 28.6. The molecule has 0 aromatic heterocycles. The Morgan fingerprint density at radius 1 is 0.897 bits per heavy atom. The SMILES string of the molecule is O=C(C(NNC(=O)C12CC3CC(CC(C3)C1)C2)c1ccccc1)N1CCCCC1. The van der Waals surface area contributed by atoms with E-state index in [2.05, 4.69) is 10.9 Å². The number of hydrogen-bond acceptors (Lipinski definition) is 3. The van der Waals surface area contributed by atoms with Crippen LogP contribution in [0, 0.1) is 23.2 Å². The molecule has 1 atom stereocenters. The van der Waals surface area contributed by atoms with Gasteiger partial charge in [0.2, 0.25) is 11.8 Å². The van der Waals surface area contributed by atoms with E-state index in [0.717, 1.165) is 68.5 Å². The first-order chi connectivity index (χ1) is 14.1. The van der Waals surface area contributed by atoms with Gasteiger partial charge in [-0.25, -0.2) is 5.43 Å². The van der Waals surface area contributed by atoms with Gasteiger partial charge in [-0.15, -0.1) is 0 Å². The van der Waals surface area contributed by atoms with Gasteiger partial charge in [0.25, 0.3) is 0 Å². The molecule has 2 N–H and O–H groups in total. The van der Waals surface area contributed by atoms with Crippen LogP contribution in [0.25, 0.3) is 0 Å². The zero-order chi connectivity index (χ0) is 19.8. The Balaban J connectivity index is 1.30. The smallest absolute Gasteiger partial charge is 0.246 e. The average molecular weight is 396 g/mol. The minimum atomic E-state index is -0.521. The van der Waals surface area contributed by atoms with Crippen LogP contribution in [0.2, 0.25) is 0 Å². The maximum atomic E-state index is 13.3. The number of nitrogens with zero attached hydrogens (tertiary/aromatic N) is 1. The lowest BCUT2D eigenvalue weighted by Gasteiger charge is -2.55. The summed E-state index contributed by atoms with van der Waals surface area (Å²) in [6, 6.07) is 9.28. The average Bonchev–Trinajstić information content (AvgIpc) is 2.74. The van der Waals surface area contributed by atoms with Crippen molar-refractivity contribution >= 4 is 11.8 Å². The topological polar surface area (TPSA) is 61.4 Å². The number of nitrogens with one attached hydrogen (secondary N) is 2. The molecule has 1 aliphatic heterocycles. The molecule has 29 heavy (non-hydrogen) atoms. The number of benzene rings is 1. The lowest BCUT2D eigenvalue weighted by atomic mass is 9.49. The van der Waals surface area contributed by atoms with E-state index in [4.69, 9.17) is 0 Å². The minimum absolute atomic E-state index is 0.0710. The number of carbonyl (C=O) groups excluding carboxylic acids is 2. The molecule has 5 nitrogen and oxygen atoms in total. The summed E-state index contributed by atoms with van der Waals surface area (Å²) in [6.07, 6.45) is 10.4. The molecule has 1 saturated heterocycles. The van der Waals surface area contributed by atoms with Gasteiger partial charge >= 0.3 is 0 Å². The Hall–Kier alpha value is -1.88. The highest BCUT2D eigenvalue weighted by Crippen LogP contribution is 2.60. The van der Waals surface area contributed by atoms with Crippen molar-refractivity contribution in [1.82, 2.24) is 15.8 Å². The highest BCUT2D eigenvalue weighted by atomic mass is 16.2. The summed E-state index contributed by atoms with van der Waals surface area (Å²) < 4.78 is 0. The van der Waals surface area contributed by atoms with Crippen molar-refractivity contribution in [1.29, 1.82) is 0 Å². The van der Waals surface area contributed by atoms with Crippen LogP contribution < -0.4 is 10.9 Å².